The van der Waals surface area contributed by atoms with Crippen LogP contribution in [0.2, 0.25) is 0 Å². The lowest BCUT2D eigenvalue weighted by atomic mass is 10.2. The number of hydrogen-bond donors (Lipinski definition) is 0. The van der Waals surface area contributed by atoms with E-state index in [1.54, 1.807) is 6.20 Å². The maximum Gasteiger partial charge on any atom is 0.273 e. The second kappa shape index (κ2) is 7.64. The molecular formula is C23H19N3O2S. The van der Waals surface area contributed by atoms with Crippen LogP contribution in [-0.2, 0) is 0 Å². The van der Waals surface area contributed by atoms with Gasteiger partial charge in [-0.05, 0) is 12.1 Å². The van der Waals surface area contributed by atoms with Crippen molar-refractivity contribution in [1.29, 1.82) is 0 Å². The minimum Gasteiger partial charge on any atom is -0.486 e. The van der Waals surface area contributed by atoms with Gasteiger partial charge in [-0.15, -0.1) is 11.3 Å². The number of fused-ring (bicyclic) bond motifs is 1. The molecule has 5 nitrogen and oxygen atoms in total. The molecule has 1 fully saturated rings. The van der Waals surface area contributed by atoms with E-state index in [4.69, 9.17) is 4.74 Å². The Labute approximate surface area is 172 Å². The summed E-state index contributed by atoms with van der Waals surface area (Å²) in [6.45, 7) is 1.22. The number of hydrogen-bond acceptors (Lipinski definition) is 5. The minimum absolute atomic E-state index is 0.0365. The van der Waals surface area contributed by atoms with Crippen LogP contribution in [0.25, 0.3) is 21.5 Å². The summed E-state index contributed by atoms with van der Waals surface area (Å²) in [5.74, 6) is 0.730. The van der Waals surface area contributed by atoms with Crippen LogP contribution in [0.3, 0.4) is 0 Å². The number of rotatable bonds is 4. The number of pyridine rings is 1. The van der Waals surface area contributed by atoms with Gasteiger partial charge in [-0.2, -0.15) is 0 Å². The average molecular weight is 401 g/mol. The maximum atomic E-state index is 12.9. The molecule has 144 valence electrons. The van der Waals surface area contributed by atoms with Crippen molar-refractivity contribution in [3.05, 3.63) is 77.9 Å². The highest BCUT2D eigenvalue weighted by Crippen LogP contribution is 2.28. The molecule has 0 spiro atoms. The van der Waals surface area contributed by atoms with Crippen LogP contribution in [0, 0.1) is 0 Å². The number of benzene rings is 2. The lowest BCUT2D eigenvalue weighted by Gasteiger charge is -2.17. The van der Waals surface area contributed by atoms with Crippen molar-refractivity contribution in [3.8, 4) is 16.3 Å². The first-order valence-electron chi connectivity index (χ1n) is 9.58. The van der Waals surface area contributed by atoms with E-state index >= 15 is 0 Å². The highest BCUT2D eigenvalue weighted by Gasteiger charge is 2.30. The van der Waals surface area contributed by atoms with Gasteiger partial charge in [0.25, 0.3) is 5.91 Å². The Kier molecular flexibility index (Phi) is 4.69. The second-order valence-electron chi connectivity index (χ2n) is 7.01. The maximum absolute atomic E-state index is 12.9. The molecule has 6 heteroatoms. The first-order chi connectivity index (χ1) is 14.3. The van der Waals surface area contributed by atoms with Crippen LogP contribution in [0.5, 0.6) is 5.75 Å². The summed E-state index contributed by atoms with van der Waals surface area (Å²) in [7, 11) is 0. The number of carbonyl (C=O) groups is 1. The fourth-order valence-corrected chi connectivity index (χ4v) is 4.41. The number of nitrogens with zero attached hydrogens (tertiary/aromatic N) is 3. The number of ether oxygens (including phenoxy) is 1. The predicted octanol–water partition coefficient (Wildman–Crippen LogP) is 4.65. The number of likely N-dealkylation sites (tertiary alicyclic amines) is 1. The Hall–Kier alpha value is -3.25. The van der Waals surface area contributed by atoms with Crippen LogP contribution in [-0.4, -0.2) is 40.0 Å². The number of aromatic nitrogens is 2. The molecule has 3 heterocycles. The zero-order valence-corrected chi connectivity index (χ0v) is 16.5. The Morgan fingerprint density at radius 3 is 2.83 bits per heavy atom. The number of para-hydroxylation sites is 1. The molecule has 1 unspecified atom stereocenters. The molecule has 0 N–H and O–H groups in total. The van der Waals surface area contributed by atoms with E-state index in [9.17, 15) is 4.79 Å². The molecule has 0 radical (unpaired) electrons. The minimum atomic E-state index is -0.0428. The fraction of sp³-hybridized carbons (Fsp3) is 0.174. The smallest absolute Gasteiger partial charge is 0.273 e. The second-order valence-corrected chi connectivity index (χ2v) is 7.87. The molecule has 1 aliphatic heterocycles. The summed E-state index contributed by atoms with van der Waals surface area (Å²) >= 11 is 1.50. The van der Waals surface area contributed by atoms with Gasteiger partial charge in [0.2, 0.25) is 0 Å². The molecule has 0 bridgehead atoms. The molecule has 0 aliphatic carbocycles. The molecule has 1 amide bonds. The quantitative estimate of drug-likeness (QED) is 0.499. The number of carbonyl (C=O) groups excluding carboxylic acids is 1. The van der Waals surface area contributed by atoms with E-state index in [-0.39, 0.29) is 12.0 Å². The van der Waals surface area contributed by atoms with Gasteiger partial charge < -0.3 is 9.64 Å². The lowest BCUT2D eigenvalue weighted by molar-refractivity contribution is 0.0768. The fourth-order valence-electron chi connectivity index (χ4n) is 3.61. The molecule has 4 aromatic rings. The van der Waals surface area contributed by atoms with E-state index in [1.807, 2.05) is 70.9 Å². The van der Waals surface area contributed by atoms with E-state index < -0.39 is 0 Å². The van der Waals surface area contributed by atoms with Crippen LogP contribution >= 0.6 is 11.3 Å². The summed E-state index contributed by atoms with van der Waals surface area (Å²) in [6.07, 6.45) is 2.52. The van der Waals surface area contributed by atoms with E-state index in [1.165, 1.54) is 11.3 Å². The van der Waals surface area contributed by atoms with Gasteiger partial charge in [0.1, 0.15) is 28.1 Å². The third-order valence-electron chi connectivity index (χ3n) is 5.07. The summed E-state index contributed by atoms with van der Waals surface area (Å²) in [6, 6.07) is 19.8. The molecule has 1 atom stereocenters. The van der Waals surface area contributed by atoms with Crippen molar-refractivity contribution in [2.75, 3.05) is 13.1 Å². The highest BCUT2D eigenvalue weighted by atomic mass is 32.1. The molecule has 2 aromatic carbocycles. The highest BCUT2D eigenvalue weighted by molar-refractivity contribution is 7.13. The molecule has 5 rings (SSSR count). The van der Waals surface area contributed by atoms with Crippen molar-refractivity contribution < 1.29 is 9.53 Å². The van der Waals surface area contributed by atoms with Crippen LogP contribution in [0.15, 0.2) is 72.2 Å². The first kappa shape index (κ1) is 17.8. The van der Waals surface area contributed by atoms with Gasteiger partial charge in [0.15, 0.2) is 0 Å². The lowest BCUT2D eigenvalue weighted by Crippen LogP contribution is -2.31. The topological polar surface area (TPSA) is 55.3 Å². The van der Waals surface area contributed by atoms with Gasteiger partial charge in [-0.25, -0.2) is 4.98 Å². The van der Waals surface area contributed by atoms with Crippen LogP contribution in [0.4, 0.5) is 0 Å². The zero-order chi connectivity index (χ0) is 19.6. The Balaban J connectivity index is 1.28. The molecule has 1 saturated heterocycles. The average Bonchev–Trinajstić information content (AvgIpc) is 3.44. The van der Waals surface area contributed by atoms with Gasteiger partial charge in [-0.1, -0.05) is 48.5 Å². The van der Waals surface area contributed by atoms with Gasteiger partial charge in [0.05, 0.1) is 6.54 Å². The van der Waals surface area contributed by atoms with Crippen molar-refractivity contribution in [2.45, 2.75) is 12.5 Å². The summed E-state index contributed by atoms with van der Waals surface area (Å²) < 4.78 is 6.21. The van der Waals surface area contributed by atoms with Crippen molar-refractivity contribution in [3.63, 3.8) is 0 Å². The number of thiazole rings is 1. The first-order valence-corrected chi connectivity index (χ1v) is 10.5. The van der Waals surface area contributed by atoms with E-state index in [0.29, 0.717) is 18.8 Å². The Bertz CT molecular complexity index is 1150. The summed E-state index contributed by atoms with van der Waals surface area (Å²) in [5, 5.41) is 3.75. The molecule has 2 aromatic heterocycles. The van der Waals surface area contributed by atoms with Crippen molar-refractivity contribution >= 4 is 28.1 Å². The van der Waals surface area contributed by atoms with Crippen LogP contribution < -0.4 is 4.74 Å². The normalized spacial score (nSPS) is 16.3. The molecule has 29 heavy (non-hydrogen) atoms. The van der Waals surface area contributed by atoms with Crippen molar-refractivity contribution in [1.82, 2.24) is 14.9 Å². The standard InChI is InChI=1S/C23H19N3O2S/c27-23(19-15-29-22(25-19)17-6-2-1-3-7-17)26-13-11-18(14-26)28-20-10-4-8-16-9-5-12-24-21(16)20/h1-10,12,15,18H,11,13-14H2. The molecular weight excluding hydrogens is 382 g/mol. The summed E-state index contributed by atoms with van der Waals surface area (Å²) in [4.78, 5) is 23.7. The van der Waals surface area contributed by atoms with Gasteiger partial charge >= 0.3 is 0 Å². The van der Waals surface area contributed by atoms with Gasteiger partial charge in [-0.3, -0.25) is 9.78 Å². The SMILES string of the molecule is O=C(c1csc(-c2ccccc2)n1)N1CCC(Oc2cccc3cccnc23)C1. The van der Waals surface area contributed by atoms with Gasteiger partial charge in [0, 0.05) is 35.5 Å². The molecule has 1 aliphatic rings. The summed E-state index contributed by atoms with van der Waals surface area (Å²) in [5.41, 5.74) is 2.38. The van der Waals surface area contributed by atoms with E-state index in [2.05, 4.69) is 9.97 Å². The largest absolute Gasteiger partial charge is 0.486 e. The van der Waals surface area contributed by atoms with Crippen LogP contribution in [0.1, 0.15) is 16.9 Å². The number of amides is 1. The third-order valence-corrected chi connectivity index (χ3v) is 5.96. The monoisotopic (exact) mass is 401 g/mol. The predicted molar refractivity (Wildman–Crippen MR) is 114 cm³/mol. The third kappa shape index (κ3) is 3.59. The Morgan fingerprint density at radius 1 is 1.07 bits per heavy atom. The Morgan fingerprint density at radius 2 is 1.93 bits per heavy atom. The zero-order valence-electron chi connectivity index (χ0n) is 15.7. The van der Waals surface area contributed by atoms with Crippen molar-refractivity contribution in [2.24, 2.45) is 0 Å². The molecule has 0 saturated carbocycles. The van der Waals surface area contributed by atoms with E-state index in [0.717, 1.165) is 33.6 Å².